The summed E-state index contributed by atoms with van der Waals surface area (Å²) in [5.74, 6) is -1.68. The van der Waals surface area contributed by atoms with Gasteiger partial charge in [0, 0.05) is 5.56 Å². The standard InChI is InChI=1S/C15H10FNO2/c1-9-2-4-11(13(6-9)15(18)19)12-7-10(8-17)3-5-14(12)16/h2-7H,1H3,(H,18,19). The van der Waals surface area contributed by atoms with Crippen LogP contribution in [0.5, 0.6) is 0 Å². The van der Waals surface area contributed by atoms with Crippen molar-refractivity contribution in [2.75, 3.05) is 0 Å². The lowest BCUT2D eigenvalue weighted by atomic mass is 9.96. The van der Waals surface area contributed by atoms with Crippen LogP contribution in [0.15, 0.2) is 36.4 Å². The van der Waals surface area contributed by atoms with Crippen LogP contribution < -0.4 is 0 Å². The monoisotopic (exact) mass is 255 g/mol. The molecule has 0 aliphatic carbocycles. The van der Waals surface area contributed by atoms with Gasteiger partial charge < -0.3 is 5.11 Å². The van der Waals surface area contributed by atoms with Crippen molar-refractivity contribution in [1.82, 2.24) is 0 Å². The fourth-order valence-corrected chi connectivity index (χ4v) is 1.87. The highest BCUT2D eigenvalue weighted by molar-refractivity contribution is 5.96. The second-order valence-electron chi connectivity index (χ2n) is 4.16. The number of hydrogen-bond donors (Lipinski definition) is 1. The summed E-state index contributed by atoms with van der Waals surface area (Å²) in [5.41, 5.74) is 1.48. The summed E-state index contributed by atoms with van der Waals surface area (Å²) in [6.45, 7) is 1.76. The lowest BCUT2D eigenvalue weighted by Gasteiger charge is -2.09. The summed E-state index contributed by atoms with van der Waals surface area (Å²) in [4.78, 5) is 11.2. The van der Waals surface area contributed by atoms with E-state index in [1.165, 1.54) is 24.3 Å². The fourth-order valence-electron chi connectivity index (χ4n) is 1.87. The average Bonchev–Trinajstić information content (AvgIpc) is 2.39. The van der Waals surface area contributed by atoms with Crippen LogP contribution in [0.25, 0.3) is 11.1 Å². The first-order valence-corrected chi connectivity index (χ1v) is 5.57. The molecule has 0 saturated heterocycles. The van der Waals surface area contributed by atoms with Gasteiger partial charge in [0.2, 0.25) is 0 Å². The lowest BCUT2D eigenvalue weighted by molar-refractivity contribution is 0.0697. The number of rotatable bonds is 2. The van der Waals surface area contributed by atoms with E-state index in [1.807, 2.05) is 6.07 Å². The normalized spacial score (nSPS) is 9.95. The third-order valence-corrected chi connectivity index (χ3v) is 2.79. The number of benzene rings is 2. The first-order valence-electron chi connectivity index (χ1n) is 5.57. The van der Waals surface area contributed by atoms with Gasteiger partial charge in [-0.25, -0.2) is 9.18 Å². The van der Waals surface area contributed by atoms with Crippen molar-refractivity contribution < 1.29 is 14.3 Å². The molecule has 2 rings (SSSR count). The number of aromatic carboxylic acids is 1. The molecule has 0 radical (unpaired) electrons. The van der Waals surface area contributed by atoms with Gasteiger partial charge in [-0.2, -0.15) is 5.26 Å². The minimum atomic E-state index is -1.12. The average molecular weight is 255 g/mol. The fraction of sp³-hybridized carbons (Fsp3) is 0.0667. The Labute approximate surface area is 109 Å². The minimum absolute atomic E-state index is 0.0222. The summed E-state index contributed by atoms with van der Waals surface area (Å²) in [7, 11) is 0. The quantitative estimate of drug-likeness (QED) is 0.894. The van der Waals surface area contributed by atoms with Gasteiger partial charge in [-0.05, 0) is 36.8 Å². The van der Waals surface area contributed by atoms with E-state index in [4.69, 9.17) is 5.26 Å². The first-order chi connectivity index (χ1) is 9.02. The molecular weight excluding hydrogens is 245 g/mol. The molecular formula is C15H10FNO2. The highest BCUT2D eigenvalue weighted by Crippen LogP contribution is 2.28. The zero-order valence-corrected chi connectivity index (χ0v) is 10.1. The molecule has 0 amide bonds. The van der Waals surface area contributed by atoms with Crippen molar-refractivity contribution in [2.24, 2.45) is 0 Å². The molecule has 0 saturated carbocycles. The SMILES string of the molecule is Cc1ccc(-c2cc(C#N)ccc2F)c(C(=O)O)c1. The Morgan fingerprint density at radius 2 is 1.95 bits per heavy atom. The second kappa shape index (κ2) is 4.91. The number of carboxylic acids is 1. The van der Waals surface area contributed by atoms with Crippen LogP contribution >= 0.6 is 0 Å². The molecule has 0 aliphatic rings. The zero-order chi connectivity index (χ0) is 14.0. The maximum absolute atomic E-state index is 13.8. The molecule has 0 fully saturated rings. The summed E-state index contributed by atoms with van der Waals surface area (Å²) < 4.78 is 13.8. The van der Waals surface area contributed by atoms with Crippen molar-refractivity contribution in [2.45, 2.75) is 6.92 Å². The summed E-state index contributed by atoms with van der Waals surface area (Å²) in [6.07, 6.45) is 0. The lowest BCUT2D eigenvalue weighted by Crippen LogP contribution is -2.01. The molecule has 0 aromatic heterocycles. The molecule has 0 aliphatic heterocycles. The Hall–Kier alpha value is -2.67. The van der Waals surface area contributed by atoms with Crippen LogP contribution in [0.3, 0.4) is 0 Å². The van der Waals surface area contributed by atoms with Gasteiger partial charge in [-0.1, -0.05) is 17.7 Å². The summed E-state index contributed by atoms with van der Waals surface area (Å²) >= 11 is 0. The molecule has 0 atom stereocenters. The van der Waals surface area contributed by atoms with Crippen molar-refractivity contribution in [3.05, 3.63) is 58.9 Å². The highest BCUT2D eigenvalue weighted by Gasteiger charge is 2.15. The Morgan fingerprint density at radius 3 is 2.58 bits per heavy atom. The second-order valence-corrected chi connectivity index (χ2v) is 4.16. The molecule has 3 nitrogen and oxygen atoms in total. The van der Waals surface area contributed by atoms with Crippen LogP contribution in [0.1, 0.15) is 21.5 Å². The van der Waals surface area contributed by atoms with E-state index in [2.05, 4.69) is 0 Å². The van der Waals surface area contributed by atoms with Gasteiger partial charge in [0.1, 0.15) is 5.82 Å². The number of halogens is 1. The molecule has 94 valence electrons. The Kier molecular flexibility index (Phi) is 3.30. The van der Waals surface area contributed by atoms with Crippen LogP contribution in [-0.2, 0) is 0 Å². The van der Waals surface area contributed by atoms with E-state index in [1.54, 1.807) is 19.1 Å². The highest BCUT2D eigenvalue weighted by atomic mass is 19.1. The van der Waals surface area contributed by atoms with Crippen molar-refractivity contribution in [3.63, 3.8) is 0 Å². The Balaban J connectivity index is 2.72. The number of nitrogens with zero attached hydrogens (tertiary/aromatic N) is 1. The maximum Gasteiger partial charge on any atom is 0.336 e. The molecule has 4 heteroatoms. The third kappa shape index (κ3) is 2.45. The number of nitriles is 1. The number of aryl methyl sites for hydroxylation is 1. The Bertz CT molecular complexity index is 702. The molecule has 2 aromatic carbocycles. The number of carbonyl (C=O) groups is 1. The maximum atomic E-state index is 13.8. The van der Waals surface area contributed by atoms with Gasteiger partial charge in [-0.15, -0.1) is 0 Å². The van der Waals surface area contributed by atoms with Gasteiger partial charge in [-0.3, -0.25) is 0 Å². The van der Waals surface area contributed by atoms with Crippen LogP contribution in [0.4, 0.5) is 4.39 Å². The van der Waals surface area contributed by atoms with Crippen molar-refractivity contribution >= 4 is 5.97 Å². The summed E-state index contributed by atoms with van der Waals surface area (Å²) in [5, 5.41) is 18.0. The predicted octanol–water partition coefficient (Wildman–Crippen LogP) is 3.37. The van der Waals surface area contributed by atoms with Crippen LogP contribution in [0.2, 0.25) is 0 Å². The van der Waals surface area contributed by atoms with E-state index in [-0.39, 0.29) is 22.3 Å². The molecule has 1 N–H and O–H groups in total. The van der Waals surface area contributed by atoms with Crippen molar-refractivity contribution in [1.29, 1.82) is 5.26 Å². The predicted molar refractivity (Wildman–Crippen MR) is 68.2 cm³/mol. The smallest absolute Gasteiger partial charge is 0.336 e. The van der Waals surface area contributed by atoms with E-state index in [9.17, 15) is 14.3 Å². The zero-order valence-electron chi connectivity index (χ0n) is 10.1. The van der Waals surface area contributed by atoms with E-state index >= 15 is 0 Å². The van der Waals surface area contributed by atoms with E-state index < -0.39 is 11.8 Å². The Morgan fingerprint density at radius 1 is 1.21 bits per heavy atom. The summed E-state index contributed by atoms with van der Waals surface area (Å²) in [6, 6.07) is 10.5. The molecule has 0 unspecified atom stereocenters. The first kappa shape index (κ1) is 12.8. The van der Waals surface area contributed by atoms with Crippen molar-refractivity contribution in [3.8, 4) is 17.2 Å². The number of carboxylic acid groups (broad SMARTS) is 1. The molecule has 0 heterocycles. The van der Waals surface area contributed by atoms with Crippen LogP contribution in [-0.4, -0.2) is 11.1 Å². The third-order valence-electron chi connectivity index (χ3n) is 2.79. The molecule has 0 spiro atoms. The topological polar surface area (TPSA) is 61.1 Å². The van der Waals surface area contributed by atoms with Gasteiger partial charge in [0.05, 0.1) is 17.2 Å². The van der Waals surface area contributed by atoms with Gasteiger partial charge in [0.25, 0.3) is 0 Å². The van der Waals surface area contributed by atoms with E-state index in [0.29, 0.717) is 0 Å². The number of hydrogen-bond acceptors (Lipinski definition) is 2. The van der Waals surface area contributed by atoms with Crippen LogP contribution in [0, 0.1) is 24.1 Å². The molecule has 19 heavy (non-hydrogen) atoms. The largest absolute Gasteiger partial charge is 0.478 e. The van der Waals surface area contributed by atoms with E-state index in [0.717, 1.165) is 5.56 Å². The molecule has 0 bridgehead atoms. The molecule has 2 aromatic rings. The van der Waals surface area contributed by atoms with Gasteiger partial charge >= 0.3 is 5.97 Å². The minimum Gasteiger partial charge on any atom is -0.478 e. The van der Waals surface area contributed by atoms with Gasteiger partial charge in [0.15, 0.2) is 0 Å².